The minimum absolute atomic E-state index is 0.0959. The van der Waals surface area contributed by atoms with E-state index in [1.165, 1.54) is 0 Å². The summed E-state index contributed by atoms with van der Waals surface area (Å²) in [6.45, 7) is 6.68. The third-order valence-electron chi connectivity index (χ3n) is 4.93. The molecule has 0 unspecified atom stereocenters. The van der Waals surface area contributed by atoms with Crippen LogP contribution < -0.4 is 0 Å². The lowest BCUT2D eigenvalue weighted by atomic mass is 9.81. The smallest absolute Gasteiger partial charge is 0.260 e. The van der Waals surface area contributed by atoms with E-state index in [0.717, 1.165) is 19.5 Å². The van der Waals surface area contributed by atoms with E-state index in [1.807, 2.05) is 4.90 Å². The number of fused-ring (bicyclic) bond motifs is 1. The monoisotopic (exact) mass is 282 g/mol. The Morgan fingerprint density at radius 1 is 1.35 bits per heavy atom. The maximum atomic E-state index is 14.2. The van der Waals surface area contributed by atoms with Crippen molar-refractivity contribution < 1.29 is 14.0 Å². The SMILES string of the molecule is CC(C)CN1C[C@@H]2CN(C(=O)C3(F)CCC3)C[C@@H]2C1=O. The maximum Gasteiger partial charge on any atom is 0.260 e. The number of halogens is 1. The minimum atomic E-state index is -1.63. The van der Waals surface area contributed by atoms with Crippen molar-refractivity contribution in [1.29, 1.82) is 0 Å². The van der Waals surface area contributed by atoms with Gasteiger partial charge in [0.15, 0.2) is 5.67 Å². The number of amides is 2. The van der Waals surface area contributed by atoms with Crippen molar-refractivity contribution in [3.05, 3.63) is 0 Å². The van der Waals surface area contributed by atoms with Crippen molar-refractivity contribution in [2.24, 2.45) is 17.8 Å². The molecule has 20 heavy (non-hydrogen) atoms. The van der Waals surface area contributed by atoms with Crippen molar-refractivity contribution >= 4 is 11.8 Å². The van der Waals surface area contributed by atoms with Crippen molar-refractivity contribution in [3.63, 3.8) is 0 Å². The maximum absolute atomic E-state index is 14.2. The van der Waals surface area contributed by atoms with Crippen LogP contribution in [0.3, 0.4) is 0 Å². The highest BCUT2D eigenvalue weighted by molar-refractivity contribution is 5.88. The summed E-state index contributed by atoms with van der Waals surface area (Å²) in [5.41, 5.74) is -1.63. The number of carbonyl (C=O) groups excluding carboxylic acids is 2. The molecule has 0 aromatic heterocycles. The largest absolute Gasteiger partial charge is 0.342 e. The van der Waals surface area contributed by atoms with Gasteiger partial charge in [-0.05, 0) is 25.2 Å². The van der Waals surface area contributed by atoms with Gasteiger partial charge in [0.2, 0.25) is 5.91 Å². The molecule has 0 N–H and O–H groups in total. The Hall–Kier alpha value is -1.13. The predicted molar refractivity (Wildman–Crippen MR) is 72.7 cm³/mol. The standard InChI is InChI=1S/C15H23FN2O2/c1-10(2)6-17-7-11-8-18(9-12(11)13(17)19)14(20)15(16)4-3-5-15/h10-12H,3-9H2,1-2H3/t11-,12+/m1/s1. The first-order chi connectivity index (χ1) is 9.40. The van der Waals surface area contributed by atoms with Crippen LogP contribution in [-0.2, 0) is 9.59 Å². The molecule has 4 nitrogen and oxygen atoms in total. The number of carbonyl (C=O) groups is 2. The Kier molecular flexibility index (Phi) is 3.26. The number of rotatable bonds is 3. The fraction of sp³-hybridized carbons (Fsp3) is 0.867. The summed E-state index contributed by atoms with van der Waals surface area (Å²) in [6, 6.07) is 0. The summed E-state index contributed by atoms with van der Waals surface area (Å²) in [7, 11) is 0. The first kappa shape index (κ1) is 13.8. The molecule has 1 aliphatic carbocycles. The second kappa shape index (κ2) is 4.71. The Labute approximate surface area is 119 Å². The molecule has 0 spiro atoms. The van der Waals surface area contributed by atoms with Gasteiger partial charge in [0.05, 0.1) is 5.92 Å². The molecule has 1 saturated carbocycles. The van der Waals surface area contributed by atoms with E-state index < -0.39 is 5.67 Å². The van der Waals surface area contributed by atoms with E-state index in [0.29, 0.717) is 31.8 Å². The van der Waals surface area contributed by atoms with Gasteiger partial charge in [-0.1, -0.05) is 13.8 Å². The van der Waals surface area contributed by atoms with Crippen LogP contribution in [0.1, 0.15) is 33.1 Å². The van der Waals surface area contributed by atoms with Crippen LogP contribution >= 0.6 is 0 Å². The molecule has 112 valence electrons. The van der Waals surface area contributed by atoms with Gasteiger partial charge in [0, 0.05) is 32.1 Å². The molecule has 3 aliphatic rings. The van der Waals surface area contributed by atoms with Crippen LogP contribution in [0.15, 0.2) is 0 Å². The van der Waals surface area contributed by atoms with Crippen molar-refractivity contribution in [2.45, 2.75) is 38.8 Å². The third kappa shape index (κ3) is 2.11. The molecule has 2 atom stereocenters. The van der Waals surface area contributed by atoms with Gasteiger partial charge in [-0.2, -0.15) is 0 Å². The second-order valence-corrected chi connectivity index (χ2v) is 7.03. The second-order valence-electron chi connectivity index (χ2n) is 7.03. The number of hydrogen-bond acceptors (Lipinski definition) is 2. The summed E-state index contributed by atoms with van der Waals surface area (Å²) >= 11 is 0. The summed E-state index contributed by atoms with van der Waals surface area (Å²) in [5, 5.41) is 0. The Bertz CT molecular complexity index is 434. The van der Waals surface area contributed by atoms with E-state index in [-0.39, 0.29) is 23.7 Å². The Morgan fingerprint density at radius 3 is 2.55 bits per heavy atom. The topological polar surface area (TPSA) is 40.6 Å². The molecule has 3 rings (SSSR count). The molecule has 0 aromatic carbocycles. The molecule has 0 bridgehead atoms. The molecular weight excluding hydrogens is 259 g/mol. The third-order valence-corrected chi connectivity index (χ3v) is 4.93. The minimum Gasteiger partial charge on any atom is -0.342 e. The number of hydrogen-bond donors (Lipinski definition) is 0. The highest BCUT2D eigenvalue weighted by Gasteiger charge is 2.53. The summed E-state index contributed by atoms with van der Waals surface area (Å²) in [6.07, 6.45) is 1.50. The molecule has 5 heteroatoms. The van der Waals surface area contributed by atoms with E-state index in [4.69, 9.17) is 0 Å². The molecule has 0 aromatic rings. The predicted octanol–water partition coefficient (Wildman–Crippen LogP) is 1.45. The average molecular weight is 282 g/mol. The molecule has 2 heterocycles. The first-order valence-electron chi connectivity index (χ1n) is 7.68. The molecule has 2 amide bonds. The van der Waals surface area contributed by atoms with Crippen molar-refractivity contribution in [2.75, 3.05) is 26.2 Å². The van der Waals surface area contributed by atoms with Gasteiger partial charge in [-0.3, -0.25) is 9.59 Å². The van der Waals surface area contributed by atoms with Gasteiger partial charge in [-0.15, -0.1) is 0 Å². The van der Waals surface area contributed by atoms with Gasteiger partial charge in [-0.25, -0.2) is 4.39 Å². The Morgan fingerprint density at radius 2 is 2.05 bits per heavy atom. The average Bonchev–Trinajstić information content (AvgIpc) is 2.86. The normalized spacial score (nSPS) is 31.7. The first-order valence-corrected chi connectivity index (χ1v) is 7.68. The zero-order valence-electron chi connectivity index (χ0n) is 12.3. The highest BCUT2D eigenvalue weighted by Crippen LogP contribution is 2.40. The fourth-order valence-electron chi connectivity index (χ4n) is 3.70. The van der Waals surface area contributed by atoms with E-state index in [1.54, 1.807) is 4.90 Å². The molecule has 0 radical (unpaired) electrons. The zero-order chi connectivity index (χ0) is 14.5. The zero-order valence-corrected chi connectivity index (χ0v) is 12.3. The van der Waals surface area contributed by atoms with Gasteiger partial charge < -0.3 is 9.80 Å². The molecule has 2 aliphatic heterocycles. The van der Waals surface area contributed by atoms with Crippen molar-refractivity contribution in [3.8, 4) is 0 Å². The van der Waals surface area contributed by atoms with Crippen LogP contribution in [-0.4, -0.2) is 53.5 Å². The highest BCUT2D eigenvalue weighted by atomic mass is 19.1. The summed E-state index contributed by atoms with van der Waals surface area (Å²) in [4.78, 5) is 28.0. The van der Waals surface area contributed by atoms with E-state index in [9.17, 15) is 14.0 Å². The van der Waals surface area contributed by atoms with Crippen LogP contribution in [0.2, 0.25) is 0 Å². The van der Waals surface area contributed by atoms with Crippen LogP contribution in [0.25, 0.3) is 0 Å². The molecule has 2 saturated heterocycles. The fourth-order valence-corrected chi connectivity index (χ4v) is 3.70. The lowest BCUT2D eigenvalue weighted by Crippen LogP contribution is -2.50. The Balaban J connectivity index is 1.62. The van der Waals surface area contributed by atoms with Gasteiger partial charge in [0.1, 0.15) is 0 Å². The number of alkyl halides is 1. The quantitative estimate of drug-likeness (QED) is 0.786. The molecular formula is C15H23FN2O2. The van der Waals surface area contributed by atoms with Gasteiger partial charge in [0.25, 0.3) is 5.91 Å². The summed E-state index contributed by atoms with van der Waals surface area (Å²) < 4.78 is 14.2. The molecule has 3 fully saturated rings. The van der Waals surface area contributed by atoms with Crippen LogP contribution in [0.4, 0.5) is 4.39 Å². The lowest BCUT2D eigenvalue weighted by molar-refractivity contribution is -0.149. The summed E-state index contributed by atoms with van der Waals surface area (Å²) in [5.74, 6) is 0.344. The van der Waals surface area contributed by atoms with Gasteiger partial charge >= 0.3 is 0 Å². The van der Waals surface area contributed by atoms with Crippen LogP contribution in [0.5, 0.6) is 0 Å². The van der Waals surface area contributed by atoms with Crippen molar-refractivity contribution in [1.82, 2.24) is 9.80 Å². The van der Waals surface area contributed by atoms with E-state index in [2.05, 4.69) is 13.8 Å². The lowest BCUT2D eigenvalue weighted by Gasteiger charge is -2.36. The van der Waals surface area contributed by atoms with E-state index >= 15 is 0 Å². The van der Waals surface area contributed by atoms with Crippen LogP contribution in [0, 0.1) is 17.8 Å². The number of nitrogens with zero attached hydrogens (tertiary/aromatic N) is 2. The number of likely N-dealkylation sites (tertiary alicyclic amines) is 2.